The van der Waals surface area contributed by atoms with Crippen LogP contribution in [0.5, 0.6) is 0 Å². The van der Waals surface area contributed by atoms with E-state index in [9.17, 15) is 32.3 Å². The second-order valence-corrected chi connectivity index (χ2v) is 13.2. The summed E-state index contributed by atoms with van der Waals surface area (Å²) in [5.74, 6) is -3.49. The molecule has 220 valence electrons. The van der Waals surface area contributed by atoms with Crippen LogP contribution in [0.3, 0.4) is 0 Å². The molecule has 3 atom stereocenters. The molecule has 2 aliphatic rings. The highest BCUT2D eigenvalue weighted by atomic mass is 79.9. The molecular formula is C30H21BrF3N3O4S2. The van der Waals surface area contributed by atoms with Crippen molar-refractivity contribution >= 4 is 68.1 Å². The number of imide groups is 1. The van der Waals surface area contributed by atoms with Crippen LogP contribution in [0, 0.1) is 12.8 Å². The van der Waals surface area contributed by atoms with Gasteiger partial charge in [0.05, 0.1) is 22.2 Å². The van der Waals surface area contributed by atoms with E-state index in [1.807, 2.05) is 13.0 Å². The van der Waals surface area contributed by atoms with E-state index in [0.717, 1.165) is 56.2 Å². The first-order valence-electron chi connectivity index (χ1n) is 13.0. The number of nitrogens with zero attached hydrogens (tertiary/aromatic N) is 2. The summed E-state index contributed by atoms with van der Waals surface area (Å²) >= 11 is 5.29. The molecule has 0 saturated carbocycles. The van der Waals surface area contributed by atoms with Gasteiger partial charge in [0, 0.05) is 21.0 Å². The van der Waals surface area contributed by atoms with Crippen LogP contribution in [-0.2, 0) is 27.1 Å². The quantitative estimate of drug-likeness (QED) is 0.244. The number of nitrogens with one attached hydrogen (secondary N) is 1. The molecule has 1 saturated heterocycles. The Hall–Kier alpha value is -3.68. The number of fused-ring (bicyclic) bond motifs is 2. The number of aromatic nitrogens is 1. The zero-order chi connectivity index (χ0) is 30.6. The molecule has 0 spiro atoms. The molecule has 6 rings (SSSR count). The van der Waals surface area contributed by atoms with Gasteiger partial charge >= 0.3 is 11.0 Å². The number of benzene rings is 3. The lowest BCUT2D eigenvalue weighted by Crippen LogP contribution is -2.33. The summed E-state index contributed by atoms with van der Waals surface area (Å²) in [6.07, 6.45) is -4.66. The SMILES string of the molecule is Cc1cccc(NC(=O)Cn2c3c(sc2=O)[C@H](c2ccc(Br)cc2)C2C(=O)N(c4cccc(C(F)(F)F)c4)C(=O)C2S3)c1. The Labute approximate surface area is 259 Å². The van der Waals surface area contributed by atoms with Crippen molar-refractivity contribution in [3.05, 3.63) is 109 Å². The number of hydrogen-bond acceptors (Lipinski definition) is 6. The van der Waals surface area contributed by atoms with Gasteiger partial charge in [0.1, 0.15) is 11.8 Å². The molecule has 1 fully saturated rings. The maximum absolute atomic E-state index is 13.9. The highest BCUT2D eigenvalue weighted by Gasteiger charge is 2.57. The van der Waals surface area contributed by atoms with E-state index in [1.165, 1.54) is 10.6 Å². The van der Waals surface area contributed by atoms with Gasteiger partial charge in [0.25, 0.3) is 0 Å². The van der Waals surface area contributed by atoms with Crippen LogP contribution in [0.4, 0.5) is 24.5 Å². The van der Waals surface area contributed by atoms with Crippen molar-refractivity contribution in [1.82, 2.24) is 4.57 Å². The minimum atomic E-state index is -4.66. The molecule has 1 N–H and O–H groups in total. The van der Waals surface area contributed by atoms with E-state index in [2.05, 4.69) is 21.2 Å². The fraction of sp³-hybridized carbons (Fsp3) is 0.200. The van der Waals surface area contributed by atoms with Crippen LogP contribution in [0.2, 0.25) is 0 Å². The Balaban J connectivity index is 1.41. The van der Waals surface area contributed by atoms with E-state index < -0.39 is 51.4 Å². The Bertz CT molecular complexity index is 1840. The summed E-state index contributed by atoms with van der Waals surface area (Å²) < 4.78 is 42.5. The molecule has 2 unspecified atom stereocenters. The summed E-state index contributed by atoms with van der Waals surface area (Å²) in [5.41, 5.74) is 1.01. The monoisotopic (exact) mass is 687 g/mol. The largest absolute Gasteiger partial charge is 0.416 e. The van der Waals surface area contributed by atoms with Crippen molar-refractivity contribution in [3.63, 3.8) is 0 Å². The molecule has 4 aromatic rings. The number of thioether (sulfide) groups is 1. The van der Waals surface area contributed by atoms with Gasteiger partial charge < -0.3 is 5.32 Å². The first-order valence-corrected chi connectivity index (χ1v) is 15.5. The van der Waals surface area contributed by atoms with Crippen LogP contribution < -0.4 is 15.1 Å². The van der Waals surface area contributed by atoms with Gasteiger partial charge in [-0.2, -0.15) is 13.2 Å². The smallest absolute Gasteiger partial charge is 0.325 e. The number of thiazole rings is 1. The average molecular weight is 689 g/mol. The summed E-state index contributed by atoms with van der Waals surface area (Å²) in [4.78, 5) is 54.9. The fourth-order valence-corrected chi connectivity index (χ4v) is 8.46. The van der Waals surface area contributed by atoms with Crippen molar-refractivity contribution in [2.45, 2.75) is 35.8 Å². The van der Waals surface area contributed by atoms with Crippen LogP contribution in [-0.4, -0.2) is 27.5 Å². The van der Waals surface area contributed by atoms with Gasteiger partial charge in [-0.05, 0) is 60.5 Å². The minimum absolute atomic E-state index is 0.173. The topological polar surface area (TPSA) is 88.5 Å². The van der Waals surface area contributed by atoms with Gasteiger partial charge in [-0.3, -0.25) is 23.7 Å². The van der Waals surface area contributed by atoms with Crippen molar-refractivity contribution in [1.29, 1.82) is 0 Å². The first-order chi connectivity index (χ1) is 20.4. The summed E-state index contributed by atoms with van der Waals surface area (Å²) in [6, 6.07) is 18.4. The third kappa shape index (κ3) is 5.45. The molecule has 7 nitrogen and oxygen atoms in total. The Morgan fingerprint density at radius 3 is 2.40 bits per heavy atom. The number of halogens is 4. The second-order valence-electron chi connectivity index (χ2n) is 10.2. The first kappa shape index (κ1) is 29.4. The molecule has 43 heavy (non-hydrogen) atoms. The van der Waals surface area contributed by atoms with E-state index in [4.69, 9.17) is 0 Å². The third-order valence-electron chi connectivity index (χ3n) is 7.31. The van der Waals surface area contributed by atoms with E-state index in [1.54, 1.807) is 42.5 Å². The van der Waals surface area contributed by atoms with Gasteiger partial charge in [-0.25, -0.2) is 4.90 Å². The molecule has 3 heterocycles. The van der Waals surface area contributed by atoms with Crippen molar-refractivity contribution < 1.29 is 27.6 Å². The number of carbonyl (C=O) groups is 3. The predicted molar refractivity (Wildman–Crippen MR) is 161 cm³/mol. The standard InChI is InChI=1S/C30H21BrF3N3O4S2/c1-15-4-2-6-19(12-15)35-21(38)14-36-28-25(43-29(36)41)22(16-8-10-18(31)11-9-16)23-24(42-28)27(40)37(26(23)39)20-7-3-5-17(13-20)30(32,33)34/h2-13,22-24H,14H2,1H3,(H,35,38)/t22-,23?,24?/m1/s1. The molecule has 3 aromatic carbocycles. The lowest BCUT2D eigenvalue weighted by molar-refractivity contribution is -0.137. The third-order valence-corrected chi connectivity index (χ3v) is 10.4. The number of anilines is 2. The number of carbonyl (C=O) groups excluding carboxylic acids is 3. The Morgan fingerprint density at radius 2 is 1.70 bits per heavy atom. The van der Waals surface area contributed by atoms with Crippen LogP contribution in [0.25, 0.3) is 0 Å². The van der Waals surface area contributed by atoms with Gasteiger partial charge in [0.2, 0.25) is 17.7 Å². The van der Waals surface area contributed by atoms with Crippen LogP contribution >= 0.6 is 39.0 Å². The van der Waals surface area contributed by atoms with Crippen molar-refractivity contribution in [2.75, 3.05) is 10.2 Å². The molecule has 0 radical (unpaired) electrons. The second kappa shape index (κ2) is 11.1. The predicted octanol–water partition coefficient (Wildman–Crippen LogP) is 6.43. The van der Waals surface area contributed by atoms with E-state index in [-0.39, 0.29) is 12.2 Å². The maximum atomic E-state index is 13.9. The number of rotatable bonds is 5. The molecule has 2 aliphatic heterocycles. The van der Waals surface area contributed by atoms with Crippen molar-refractivity contribution in [2.24, 2.45) is 5.92 Å². The minimum Gasteiger partial charge on any atom is -0.325 e. The molecule has 0 bridgehead atoms. The number of hydrogen-bond donors (Lipinski definition) is 1. The van der Waals surface area contributed by atoms with Crippen LogP contribution in [0.1, 0.15) is 27.5 Å². The molecule has 3 amide bonds. The summed E-state index contributed by atoms with van der Waals surface area (Å²) in [6.45, 7) is 1.56. The molecular weight excluding hydrogens is 667 g/mol. The van der Waals surface area contributed by atoms with Crippen LogP contribution in [0.15, 0.2) is 87.1 Å². The number of alkyl halides is 3. The number of amides is 3. The number of aryl methyl sites for hydroxylation is 1. The van der Waals surface area contributed by atoms with Gasteiger partial charge in [0.15, 0.2) is 0 Å². The van der Waals surface area contributed by atoms with E-state index in [0.29, 0.717) is 21.2 Å². The molecule has 0 aliphatic carbocycles. The van der Waals surface area contributed by atoms with Crippen molar-refractivity contribution in [3.8, 4) is 0 Å². The Morgan fingerprint density at radius 1 is 0.977 bits per heavy atom. The highest BCUT2D eigenvalue weighted by molar-refractivity contribution is 9.10. The highest BCUT2D eigenvalue weighted by Crippen LogP contribution is 2.54. The normalized spacial score (nSPS) is 19.7. The maximum Gasteiger partial charge on any atom is 0.416 e. The molecule has 1 aromatic heterocycles. The zero-order valence-electron chi connectivity index (χ0n) is 22.2. The lowest BCUT2D eigenvalue weighted by atomic mass is 9.83. The lowest BCUT2D eigenvalue weighted by Gasteiger charge is -2.30. The molecule has 13 heteroatoms. The zero-order valence-corrected chi connectivity index (χ0v) is 25.4. The van der Waals surface area contributed by atoms with Gasteiger partial charge in [-0.1, -0.05) is 69.4 Å². The average Bonchev–Trinajstić information content (AvgIpc) is 3.39. The van der Waals surface area contributed by atoms with Gasteiger partial charge in [-0.15, -0.1) is 0 Å². The fourth-order valence-electron chi connectivity index (χ4n) is 5.43. The summed E-state index contributed by atoms with van der Waals surface area (Å²) in [5, 5.41) is 2.14. The summed E-state index contributed by atoms with van der Waals surface area (Å²) in [7, 11) is 0. The van der Waals surface area contributed by atoms with E-state index >= 15 is 0 Å². The Kier molecular flexibility index (Phi) is 7.59.